The number of hydrogen-bond acceptors (Lipinski definition) is 5. The molecule has 0 aromatic heterocycles. The van der Waals surface area contributed by atoms with Gasteiger partial charge in [-0.25, -0.2) is 0 Å². The van der Waals surface area contributed by atoms with Crippen molar-refractivity contribution in [1.29, 1.82) is 0 Å². The van der Waals surface area contributed by atoms with E-state index in [1.165, 1.54) is 6.61 Å². The lowest BCUT2D eigenvalue weighted by molar-refractivity contribution is -0.145. The van der Waals surface area contributed by atoms with Crippen LogP contribution in [-0.4, -0.2) is 52.2 Å². The van der Waals surface area contributed by atoms with Gasteiger partial charge in [-0.2, -0.15) is 0 Å². The molecule has 1 rings (SSSR count). The van der Waals surface area contributed by atoms with Crippen molar-refractivity contribution in [2.24, 2.45) is 0 Å². The van der Waals surface area contributed by atoms with Crippen LogP contribution in [0.15, 0.2) is 0 Å². The summed E-state index contributed by atoms with van der Waals surface area (Å²) in [4.78, 5) is 11.3. The predicted molar refractivity (Wildman–Crippen MR) is 55.1 cm³/mol. The zero-order chi connectivity index (χ0) is 12.1. The van der Waals surface area contributed by atoms with Gasteiger partial charge in [-0.05, 0) is 6.42 Å². The molecule has 1 aliphatic heterocycles. The molecule has 1 fully saturated rings. The normalized spacial score (nSPS) is 34.8. The molecule has 0 aromatic rings. The Kier molecular flexibility index (Phi) is 5.14. The van der Waals surface area contributed by atoms with Crippen molar-refractivity contribution in [1.82, 2.24) is 5.32 Å². The van der Waals surface area contributed by atoms with Crippen molar-refractivity contribution in [3.63, 3.8) is 0 Å². The van der Waals surface area contributed by atoms with Crippen LogP contribution in [0.25, 0.3) is 0 Å². The monoisotopic (exact) mass is 232 g/mol. The molecule has 1 saturated heterocycles. The number of carbonyl (C=O) groups excluding carboxylic acids is 1. The highest BCUT2D eigenvalue weighted by Gasteiger charge is 2.38. The van der Waals surface area contributed by atoms with E-state index in [9.17, 15) is 15.0 Å². The zero-order valence-corrected chi connectivity index (χ0v) is 9.17. The van der Waals surface area contributed by atoms with Crippen LogP contribution in [0.4, 0.5) is 0 Å². The van der Waals surface area contributed by atoms with Crippen LogP contribution in [0.3, 0.4) is 0 Å². The average Bonchev–Trinajstić information content (AvgIpc) is 2.25. The van der Waals surface area contributed by atoms with Crippen molar-refractivity contribution in [2.45, 2.75) is 44.1 Å². The number of ether oxygens (including phenoxy) is 1. The van der Waals surface area contributed by atoms with Crippen LogP contribution in [-0.2, 0) is 9.53 Å². The molecule has 4 N–H and O–H groups in total. The van der Waals surface area contributed by atoms with Gasteiger partial charge in [-0.1, -0.05) is 6.92 Å². The topological polar surface area (TPSA) is 99.0 Å². The third kappa shape index (κ3) is 3.15. The summed E-state index contributed by atoms with van der Waals surface area (Å²) in [5, 5.41) is 30.6. The van der Waals surface area contributed by atoms with Crippen LogP contribution >= 0.6 is 0 Å². The third-order valence-corrected chi connectivity index (χ3v) is 2.48. The van der Waals surface area contributed by atoms with Gasteiger partial charge in [0.05, 0.1) is 12.6 Å². The lowest BCUT2D eigenvalue weighted by Crippen LogP contribution is -2.58. The van der Waals surface area contributed by atoms with E-state index in [4.69, 9.17) is 9.84 Å². The minimum atomic E-state index is -1.21. The van der Waals surface area contributed by atoms with Crippen molar-refractivity contribution in [2.75, 3.05) is 6.61 Å². The third-order valence-electron chi connectivity index (χ3n) is 2.48. The molecule has 1 amide bonds. The minimum Gasteiger partial charge on any atom is -0.394 e. The molecule has 93 valence electrons. The summed E-state index contributed by atoms with van der Waals surface area (Å²) in [6, 6.07) is -0.739. The Morgan fingerprint density at radius 3 is 2.69 bits per heavy atom. The van der Waals surface area contributed by atoms with Crippen molar-refractivity contribution in [3.8, 4) is 0 Å². The Balaban J connectivity index is 2.48. The first-order valence-corrected chi connectivity index (χ1v) is 5.35. The highest BCUT2D eigenvalue weighted by molar-refractivity contribution is 5.76. The summed E-state index contributed by atoms with van der Waals surface area (Å²) < 4.78 is 5.00. The van der Waals surface area contributed by atoms with Crippen molar-refractivity contribution < 1.29 is 24.9 Å². The predicted octanol–water partition coefficient (Wildman–Crippen LogP) is -1.45. The quantitative estimate of drug-likeness (QED) is 0.475. The number of aliphatic hydroxyl groups excluding tert-OH is 3. The Labute approximate surface area is 94.2 Å². The Bertz CT molecular complexity index is 235. The first kappa shape index (κ1) is 13.4. The molecule has 0 bridgehead atoms. The molecule has 1 radical (unpaired) electrons. The molecule has 0 aliphatic carbocycles. The SMILES string of the molecule is CCCC(=O)N[C@H]1[CH]O[C@H](CO)[C@@H](O)[C@@H]1O. The van der Waals surface area contributed by atoms with Gasteiger partial charge in [0.1, 0.15) is 24.9 Å². The van der Waals surface area contributed by atoms with E-state index in [0.29, 0.717) is 12.8 Å². The summed E-state index contributed by atoms with van der Waals surface area (Å²) >= 11 is 0. The van der Waals surface area contributed by atoms with Gasteiger partial charge in [-0.15, -0.1) is 0 Å². The van der Waals surface area contributed by atoms with Gasteiger partial charge in [0.25, 0.3) is 0 Å². The Hall–Kier alpha value is -0.690. The maximum atomic E-state index is 11.3. The molecule has 0 unspecified atom stereocenters. The maximum Gasteiger partial charge on any atom is 0.220 e. The second kappa shape index (κ2) is 6.15. The molecule has 1 heterocycles. The number of carbonyl (C=O) groups is 1. The highest BCUT2D eigenvalue weighted by Crippen LogP contribution is 2.18. The van der Waals surface area contributed by atoms with Crippen LogP contribution in [0.1, 0.15) is 19.8 Å². The number of nitrogens with one attached hydrogen (secondary N) is 1. The maximum absolute atomic E-state index is 11.3. The molecule has 0 saturated carbocycles. The summed E-state index contributed by atoms with van der Waals surface area (Å²) in [5.41, 5.74) is 0. The van der Waals surface area contributed by atoms with Crippen molar-refractivity contribution >= 4 is 5.91 Å². The van der Waals surface area contributed by atoms with Gasteiger partial charge in [0, 0.05) is 6.42 Å². The van der Waals surface area contributed by atoms with E-state index in [1.807, 2.05) is 6.92 Å². The van der Waals surface area contributed by atoms with E-state index >= 15 is 0 Å². The van der Waals surface area contributed by atoms with E-state index < -0.39 is 24.4 Å². The smallest absolute Gasteiger partial charge is 0.220 e. The molecule has 6 heteroatoms. The largest absolute Gasteiger partial charge is 0.394 e. The molecule has 0 spiro atoms. The van der Waals surface area contributed by atoms with Crippen LogP contribution < -0.4 is 5.32 Å². The van der Waals surface area contributed by atoms with Crippen molar-refractivity contribution in [3.05, 3.63) is 6.61 Å². The summed E-state index contributed by atoms with van der Waals surface area (Å²) in [6.07, 6.45) is -2.14. The van der Waals surface area contributed by atoms with Crippen LogP contribution in [0, 0.1) is 6.61 Å². The summed E-state index contributed by atoms with van der Waals surface area (Å²) in [6.45, 7) is 2.73. The zero-order valence-electron chi connectivity index (χ0n) is 9.17. The van der Waals surface area contributed by atoms with Crippen LogP contribution in [0.2, 0.25) is 0 Å². The fraction of sp³-hybridized carbons (Fsp3) is 0.800. The molecule has 4 atom stereocenters. The van der Waals surface area contributed by atoms with Gasteiger partial charge in [0.2, 0.25) is 5.91 Å². The van der Waals surface area contributed by atoms with Gasteiger partial charge in [0.15, 0.2) is 0 Å². The minimum absolute atomic E-state index is 0.207. The van der Waals surface area contributed by atoms with E-state index in [2.05, 4.69) is 5.32 Å². The number of rotatable bonds is 4. The molecule has 6 nitrogen and oxygen atoms in total. The standard InChI is InChI=1S/C10H18NO5/c1-2-3-8(13)11-6-5-16-7(4-12)10(15)9(6)14/h5-7,9-10,12,14-15H,2-4H2,1H3,(H,11,13)/t6-,7+,9+,10+/m0/s1. The summed E-state index contributed by atoms with van der Waals surface area (Å²) in [5.74, 6) is -0.207. The number of hydrogen-bond donors (Lipinski definition) is 4. The second-order valence-electron chi connectivity index (χ2n) is 3.82. The number of aliphatic hydroxyl groups is 3. The number of amides is 1. The molecular weight excluding hydrogens is 214 g/mol. The van der Waals surface area contributed by atoms with Gasteiger partial charge in [-0.3, -0.25) is 4.79 Å². The molecule has 16 heavy (non-hydrogen) atoms. The van der Waals surface area contributed by atoms with Gasteiger partial charge >= 0.3 is 0 Å². The highest BCUT2D eigenvalue weighted by atomic mass is 16.5. The van der Waals surface area contributed by atoms with E-state index in [1.54, 1.807) is 0 Å². The van der Waals surface area contributed by atoms with Gasteiger partial charge < -0.3 is 25.4 Å². The van der Waals surface area contributed by atoms with E-state index in [-0.39, 0.29) is 12.5 Å². The molecule has 1 aliphatic rings. The first-order chi connectivity index (χ1) is 7.60. The Morgan fingerprint density at radius 2 is 2.12 bits per heavy atom. The second-order valence-corrected chi connectivity index (χ2v) is 3.82. The summed E-state index contributed by atoms with van der Waals surface area (Å²) in [7, 11) is 0. The van der Waals surface area contributed by atoms with E-state index in [0.717, 1.165) is 0 Å². The molecule has 0 aromatic carbocycles. The Morgan fingerprint density at radius 1 is 1.44 bits per heavy atom. The average molecular weight is 232 g/mol. The molecular formula is C10H18NO5. The van der Waals surface area contributed by atoms with Crippen LogP contribution in [0.5, 0.6) is 0 Å². The fourth-order valence-corrected chi connectivity index (χ4v) is 1.53. The lowest BCUT2D eigenvalue weighted by atomic mass is 9.98. The first-order valence-electron chi connectivity index (χ1n) is 5.35. The fourth-order valence-electron chi connectivity index (χ4n) is 1.53. The lowest BCUT2D eigenvalue weighted by Gasteiger charge is -2.36.